The van der Waals surface area contributed by atoms with Gasteiger partial charge in [-0.2, -0.15) is 18.4 Å². The molecular formula is C19H17F4N5O. The standard InChI is InChI=1S/C19H17F4N5O/c20-15-4-3-14(19(21,22)23)10-16(15)26-17(29)12-27-6-8-28(9-7-27)18-13(11-24)2-1-5-25-18/h1-5,10H,6-9,12H2,(H,26,29). The number of hydrogen-bond donors (Lipinski definition) is 1. The second-order valence-corrected chi connectivity index (χ2v) is 6.49. The van der Waals surface area contributed by atoms with Gasteiger partial charge in [0.05, 0.1) is 23.4 Å². The van der Waals surface area contributed by atoms with Gasteiger partial charge >= 0.3 is 6.18 Å². The number of nitrogens with zero attached hydrogens (tertiary/aromatic N) is 4. The molecule has 1 aromatic heterocycles. The third kappa shape index (κ3) is 5.00. The first-order valence-corrected chi connectivity index (χ1v) is 8.77. The molecule has 0 saturated carbocycles. The molecule has 1 aliphatic rings. The maximum absolute atomic E-state index is 13.8. The van der Waals surface area contributed by atoms with Crippen molar-refractivity contribution in [2.45, 2.75) is 6.18 Å². The lowest BCUT2D eigenvalue weighted by Crippen LogP contribution is -2.49. The Bertz CT molecular complexity index is 933. The van der Waals surface area contributed by atoms with Crippen molar-refractivity contribution in [3.05, 3.63) is 53.5 Å². The molecular weight excluding hydrogens is 390 g/mol. The summed E-state index contributed by atoms with van der Waals surface area (Å²) in [4.78, 5) is 20.1. The molecule has 1 N–H and O–H groups in total. The van der Waals surface area contributed by atoms with E-state index in [-0.39, 0.29) is 6.54 Å². The summed E-state index contributed by atoms with van der Waals surface area (Å²) in [5.74, 6) is -0.965. The number of nitriles is 1. The van der Waals surface area contributed by atoms with Crippen molar-refractivity contribution < 1.29 is 22.4 Å². The number of amides is 1. The van der Waals surface area contributed by atoms with Crippen LogP contribution in [0.2, 0.25) is 0 Å². The molecule has 1 fully saturated rings. The first kappa shape index (κ1) is 20.5. The minimum atomic E-state index is -4.63. The van der Waals surface area contributed by atoms with E-state index >= 15 is 0 Å². The monoisotopic (exact) mass is 407 g/mol. The topological polar surface area (TPSA) is 72.3 Å². The minimum absolute atomic E-state index is 0.0865. The van der Waals surface area contributed by atoms with Crippen molar-refractivity contribution in [1.82, 2.24) is 9.88 Å². The van der Waals surface area contributed by atoms with Crippen LogP contribution in [0.3, 0.4) is 0 Å². The molecule has 3 rings (SSSR count). The zero-order valence-corrected chi connectivity index (χ0v) is 15.2. The van der Waals surface area contributed by atoms with Gasteiger partial charge in [-0.25, -0.2) is 9.37 Å². The summed E-state index contributed by atoms with van der Waals surface area (Å²) in [5, 5.41) is 11.4. The third-order valence-corrected chi connectivity index (χ3v) is 4.51. The Morgan fingerprint density at radius 1 is 1.21 bits per heavy atom. The molecule has 1 amide bonds. The van der Waals surface area contributed by atoms with Gasteiger partial charge in [0.15, 0.2) is 0 Å². The van der Waals surface area contributed by atoms with E-state index in [1.165, 1.54) is 0 Å². The van der Waals surface area contributed by atoms with Gasteiger partial charge in [-0.3, -0.25) is 9.69 Å². The molecule has 0 atom stereocenters. The average molecular weight is 407 g/mol. The molecule has 2 heterocycles. The van der Waals surface area contributed by atoms with Gasteiger partial charge < -0.3 is 10.2 Å². The van der Waals surface area contributed by atoms with Crippen LogP contribution in [0.5, 0.6) is 0 Å². The summed E-state index contributed by atoms with van der Waals surface area (Å²) < 4.78 is 52.1. The molecule has 0 spiro atoms. The Labute approximate surface area is 164 Å². The second kappa shape index (κ2) is 8.45. The van der Waals surface area contributed by atoms with E-state index in [1.807, 2.05) is 4.90 Å². The lowest BCUT2D eigenvalue weighted by atomic mass is 10.2. The summed E-state index contributed by atoms with van der Waals surface area (Å²) in [7, 11) is 0. The molecule has 0 bridgehead atoms. The highest BCUT2D eigenvalue weighted by Gasteiger charge is 2.31. The number of aromatic nitrogens is 1. The summed E-state index contributed by atoms with van der Waals surface area (Å²) in [6, 6.07) is 7.31. The van der Waals surface area contributed by atoms with Crippen LogP contribution in [0.25, 0.3) is 0 Å². The number of benzene rings is 1. The number of nitrogens with one attached hydrogen (secondary N) is 1. The van der Waals surface area contributed by atoms with Crippen LogP contribution in [0.4, 0.5) is 29.1 Å². The maximum Gasteiger partial charge on any atom is 0.416 e. The van der Waals surface area contributed by atoms with E-state index in [2.05, 4.69) is 16.4 Å². The first-order chi connectivity index (χ1) is 13.8. The van der Waals surface area contributed by atoms with Crippen LogP contribution in [0.15, 0.2) is 36.5 Å². The number of hydrogen-bond acceptors (Lipinski definition) is 5. The molecule has 0 radical (unpaired) electrons. The fourth-order valence-corrected chi connectivity index (χ4v) is 3.04. The highest BCUT2D eigenvalue weighted by atomic mass is 19.4. The maximum atomic E-state index is 13.8. The Hall–Kier alpha value is -3.19. The summed E-state index contributed by atoms with van der Waals surface area (Å²) in [6.07, 6.45) is -3.03. The molecule has 1 aliphatic heterocycles. The van der Waals surface area contributed by atoms with Gasteiger partial charge in [-0.1, -0.05) is 0 Å². The van der Waals surface area contributed by atoms with Crippen LogP contribution < -0.4 is 10.2 Å². The number of carbonyl (C=O) groups is 1. The zero-order valence-electron chi connectivity index (χ0n) is 15.2. The van der Waals surface area contributed by atoms with Crippen LogP contribution in [0, 0.1) is 17.1 Å². The molecule has 1 saturated heterocycles. The lowest BCUT2D eigenvalue weighted by molar-refractivity contribution is -0.137. The number of pyridine rings is 1. The Kier molecular flexibility index (Phi) is 5.98. The highest BCUT2D eigenvalue weighted by Crippen LogP contribution is 2.31. The van der Waals surface area contributed by atoms with Gasteiger partial charge in [0.2, 0.25) is 5.91 Å². The van der Waals surface area contributed by atoms with Crippen molar-refractivity contribution in [1.29, 1.82) is 5.26 Å². The molecule has 1 aromatic carbocycles. The number of alkyl halides is 3. The van der Waals surface area contributed by atoms with E-state index in [4.69, 9.17) is 0 Å². The molecule has 29 heavy (non-hydrogen) atoms. The fraction of sp³-hybridized carbons (Fsp3) is 0.316. The van der Waals surface area contributed by atoms with Crippen LogP contribution in [-0.4, -0.2) is 48.5 Å². The summed E-state index contributed by atoms with van der Waals surface area (Å²) in [5.41, 5.74) is -1.08. The predicted molar refractivity (Wildman–Crippen MR) is 97.6 cm³/mol. The van der Waals surface area contributed by atoms with Gasteiger partial charge in [0.25, 0.3) is 0 Å². The van der Waals surface area contributed by atoms with E-state index in [9.17, 15) is 27.6 Å². The number of anilines is 2. The molecule has 0 aliphatic carbocycles. The number of carbonyl (C=O) groups excluding carboxylic acids is 1. The van der Waals surface area contributed by atoms with Crippen molar-refractivity contribution in [2.24, 2.45) is 0 Å². The van der Waals surface area contributed by atoms with Crippen LogP contribution in [-0.2, 0) is 11.0 Å². The minimum Gasteiger partial charge on any atom is -0.353 e. The first-order valence-electron chi connectivity index (χ1n) is 8.77. The van der Waals surface area contributed by atoms with Gasteiger partial charge in [0.1, 0.15) is 17.7 Å². The zero-order chi connectivity index (χ0) is 21.0. The molecule has 6 nitrogen and oxygen atoms in total. The normalized spacial score (nSPS) is 15.1. The Morgan fingerprint density at radius 2 is 1.93 bits per heavy atom. The highest BCUT2D eigenvalue weighted by molar-refractivity contribution is 5.92. The Balaban J connectivity index is 1.57. The average Bonchev–Trinajstić information content (AvgIpc) is 2.69. The molecule has 2 aromatic rings. The number of rotatable bonds is 4. The smallest absolute Gasteiger partial charge is 0.353 e. The largest absolute Gasteiger partial charge is 0.416 e. The second-order valence-electron chi connectivity index (χ2n) is 6.49. The number of halogens is 4. The quantitative estimate of drug-likeness (QED) is 0.790. The lowest BCUT2D eigenvalue weighted by Gasteiger charge is -2.35. The molecule has 10 heteroatoms. The SMILES string of the molecule is N#Cc1cccnc1N1CCN(CC(=O)Nc2cc(C(F)(F)F)ccc2F)CC1. The predicted octanol–water partition coefficient (Wildman–Crippen LogP) is 2.87. The number of piperazine rings is 1. The van der Waals surface area contributed by atoms with Gasteiger partial charge in [-0.05, 0) is 30.3 Å². The van der Waals surface area contributed by atoms with Crippen LogP contribution >= 0.6 is 0 Å². The fourth-order valence-electron chi connectivity index (χ4n) is 3.04. The molecule has 152 valence electrons. The van der Waals surface area contributed by atoms with E-state index < -0.39 is 29.2 Å². The van der Waals surface area contributed by atoms with E-state index in [0.29, 0.717) is 55.8 Å². The van der Waals surface area contributed by atoms with Gasteiger partial charge in [0, 0.05) is 32.4 Å². The van der Waals surface area contributed by atoms with Crippen molar-refractivity contribution >= 4 is 17.4 Å². The van der Waals surface area contributed by atoms with Gasteiger partial charge in [-0.15, -0.1) is 0 Å². The molecule has 0 unspecified atom stereocenters. The summed E-state index contributed by atoms with van der Waals surface area (Å²) in [6.45, 7) is 1.94. The van der Waals surface area contributed by atoms with Crippen molar-refractivity contribution in [2.75, 3.05) is 42.9 Å². The third-order valence-electron chi connectivity index (χ3n) is 4.51. The summed E-state index contributed by atoms with van der Waals surface area (Å²) >= 11 is 0. The van der Waals surface area contributed by atoms with E-state index in [0.717, 1.165) is 0 Å². The van der Waals surface area contributed by atoms with Crippen molar-refractivity contribution in [3.63, 3.8) is 0 Å². The van der Waals surface area contributed by atoms with Crippen LogP contribution in [0.1, 0.15) is 11.1 Å². The Morgan fingerprint density at radius 3 is 2.59 bits per heavy atom. The van der Waals surface area contributed by atoms with Crippen molar-refractivity contribution in [3.8, 4) is 6.07 Å². The van der Waals surface area contributed by atoms with E-state index in [1.54, 1.807) is 23.2 Å².